The lowest BCUT2D eigenvalue weighted by Crippen LogP contribution is -2.37. The van der Waals surface area contributed by atoms with Crippen LogP contribution in [0.25, 0.3) is 0 Å². The molecule has 0 heterocycles. The third-order valence-corrected chi connectivity index (χ3v) is 4.38. The maximum Gasteiger partial charge on any atom is 0.224 e. The minimum Gasteiger partial charge on any atom is -0.356 e. The van der Waals surface area contributed by atoms with Crippen molar-refractivity contribution in [3.63, 3.8) is 0 Å². The number of aliphatic imine (C=N–C) groups is 1. The summed E-state index contributed by atoms with van der Waals surface area (Å²) in [6.07, 6.45) is 2.19. The smallest absolute Gasteiger partial charge is 0.224 e. The van der Waals surface area contributed by atoms with Crippen molar-refractivity contribution in [2.24, 2.45) is 4.99 Å². The lowest BCUT2D eigenvalue weighted by molar-refractivity contribution is -0.116. The number of carbonyl (C=O) groups is 1. The Kier molecular flexibility index (Phi) is 11.6. The molecule has 0 unspecified atom stereocenters. The van der Waals surface area contributed by atoms with Crippen molar-refractivity contribution in [2.45, 2.75) is 32.7 Å². The van der Waals surface area contributed by atoms with Crippen LogP contribution in [0.3, 0.4) is 0 Å². The van der Waals surface area contributed by atoms with E-state index < -0.39 is 0 Å². The van der Waals surface area contributed by atoms with E-state index in [0.717, 1.165) is 47.2 Å². The van der Waals surface area contributed by atoms with E-state index in [9.17, 15) is 4.79 Å². The van der Waals surface area contributed by atoms with Crippen LogP contribution in [0, 0.1) is 0 Å². The number of benzene rings is 2. The number of rotatable bonds is 8. The van der Waals surface area contributed by atoms with Gasteiger partial charge in [-0.05, 0) is 42.2 Å². The molecule has 2 rings (SSSR count). The van der Waals surface area contributed by atoms with E-state index >= 15 is 0 Å². The quantitative estimate of drug-likeness (QED) is 0.274. The summed E-state index contributed by atoms with van der Waals surface area (Å²) < 4.78 is 0. The number of guanidine groups is 1. The van der Waals surface area contributed by atoms with Gasteiger partial charge < -0.3 is 16.0 Å². The molecule has 0 aromatic heterocycles. The standard InChI is InChI=1S/C21H27ClN4O.HI/c1-3-7-20(27)26-18-10-6-8-16(14-18)15-25-21(23-2)24-13-12-17-9-4-5-11-19(17)22;/h4-6,8-11,14H,3,7,12-13,15H2,1-2H3,(H,26,27)(H2,23,24,25);1H. The molecule has 0 atom stereocenters. The summed E-state index contributed by atoms with van der Waals surface area (Å²) in [7, 11) is 1.74. The number of amides is 1. The lowest BCUT2D eigenvalue weighted by Gasteiger charge is -2.13. The first-order chi connectivity index (χ1) is 13.1. The Morgan fingerprint density at radius 3 is 2.61 bits per heavy atom. The largest absolute Gasteiger partial charge is 0.356 e. The Bertz CT molecular complexity index is 783. The molecule has 0 radical (unpaired) electrons. The molecule has 0 bridgehead atoms. The van der Waals surface area contributed by atoms with Crippen LogP contribution in [0.15, 0.2) is 53.5 Å². The first-order valence-corrected chi connectivity index (χ1v) is 9.57. The van der Waals surface area contributed by atoms with E-state index in [1.165, 1.54) is 0 Å². The number of nitrogens with zero attached hydrogens (tertiary/aromatic N) is 1. The molecule has 152 valence electrons. The highest BCUT2D eigenvalue weighted by molar-refractivity contribution is 14.0. The van der Waals surface area contributed by atoms with Crippen LogP contribution in [0.2, 0.25) is 5.02 Å². The summed E-state index contributed by atoms with van der Waals surface area (Å²) >= 11 is 6.18. The lowest BCUT2D eigenvalue weighted by atomic mass is 10.1. The van der Waals surface area contributed by atoms with E-state index in [4.69, 9.17) is 11.6 Å². The first-order valence-electron chi connectivity index (χ1n) is 9.19. The van der Waals surface area contributed by atoms with Crippen LogP contribution in [0.1, 0.15) is 30.9 Å². The summed E-state index contributed by atoms with van der Waals surface area (Å²) in [4.78, 5) is 16.0. The predicted molar refractivity (Wildman–Crippen MR) is 129 cm³/mol. The zero-order valence-electron chi connectivity index (χ0n) is 16.3. The number of carbonyl (C=O) groups excluding carboxylic acids is 1. The number of hydrogen-bond acceptors (Lipinski definition) is 2. The molecule has 0 saturated heterocycles. The molecule has 0 spiro atoms. The Morgan fingerprint density at radius 1 is 1.11 bits per heavy atom. The summed E-state index contributed by atoms with van der Waals surface area (Å²) in [6.45, 7) is 3.34. The van der Waals surface area contributed by atoms with Crippen molar-refractivity contribution in [2.75, 3.05) is 18.9 Å². The molecule has 5 nitrogen and oxygen atoms in total. The Hall–Kier alpha value is -1.80. The molecule has 0 aliphatic rings. The van der Waals surface area contributed by atoms with Crippen LogP contribution >= 0.6 is 35.6 Å². The summed E-state index contributed by atoms with van der Waals surface area (Å²) in [5.41, 5.74) is 2.99. The van der Waals surface area contributed by atoms with Gasteiger partial charge in [-0.25, -0.2) is 0 Å². The fourth-order valence-electron chi connectivity index (χ4n) is 2.63. The van der Waals surface area contributed by atoms with E-state index in [2.05, 4.69) is 20.9 Å². The van der Waals surface area contributed by atoms with E-state index in [-0.39, 0.29) is 29.9 Å². The Balaban J connectivity index is 0.00000392. The third-order valence-electron chi connectivity index (χ3n) is 4.02. The van der Waals surface area contributed by atoms with E-state index in [1.807, 2.05) is 55.5 Å². The SMILES string of the molecule is CCCC(=O)Nc1cccc(CNC(=NC)NCCc2ccccc2Cl)c1.I. The van der Waals surface area contributed by atoms with Gasteiger partial charge in [0.25, 0.3) is 0 Å². The fourth-order valence-corrected chi connectivity index (χ4v) is 2.86. The first kappa shape index (κ1) is 24.2. The van der Waals surface area contributed by atoms with Gasteiger partial charge in [0.1, 0.15) is 0 Å². The molecule has 0 aliphatic carbocycles. The highest BCUT2D eigenvalue weighted by Gasteiger charge is 2.04. The molecular weight excluding hydrogens is 487 g/mol. The fraction of sp³-hybridized carbons (Fsp3) is 0.333. The highest BCUT2D eigenvalue weighted by atomic mass is 127. The number of anilines is 1. The molecule has 3 N–H and O–H groups in total. The van der Waals surface area contributed by atoms with Gasteiger partial charge in [-0.15, -0.1) is 24.0 Å². The highest BCUT2D eigenvalue weighted by Crippen LogP contribution is 2.15. The number of nitrogens with one attached hydrogen (secondary N) is 3. The van der Waals surface area contributed by atoms with Gasteiger partial charge >= 0.3 is 0 Å². The second kappa shape index (κ2) is 13.4. The summed E-state index contributed by atoms with van der Waals surface area (Å²) in [5, 5.41) is 10.3. The van der Waals surface area contributed by atoms with E-state index in [1.54, 1.807) is 7.05 Å². The zero-order chi connectivity index (χ0) is 19.5. The monoisotopic (exact) mass is 514 g/mol. The van der Waals surface area contributed by atoms with Crippen molar-refractivity contribution >= 4 is 53.1 Å². The summed E-state index contributed by atoms with van der Waals surface area (Å²) in [6, 6.07) is 15.7. The molecular formula is C21H28ClIN4O. The van der Waals surface area contributed by atoms with Crippen LogP contribution < -0.4 is 16.0 Å². The van der Waals surface area contributed by atoms with Crippen LogP contribution in [0.5, 0.6) is 0 Å². The van der Waals surface area contributed by atoms with Crippen molar-refractivity contribution in [1.29, 1.82) is 0 Å². The van der Waals surface area contributed by atoms with Crippen molar-refractivity contribution in [1.82, 2.24) is 10.6 Å². The molecule has 2 aromatic rings. The third kappa shape index (κ3) is 8.48. The molecule has 0 aliphatic heterocycles. The number of hydrogen-bond donors (Lipinski definition) is 3. The molecule has 0 saturated carbocycles. The van der Waals surface area contributed by atoms with Crippen LogP contribution in [-0.2, 0) is 17.8 Å². The van der Waals surface area contributed by atoms with Gasteiger partial charge in [-0.1, -0.05) is 48.9 Å². The topological polar surface area (TPSA) is 65.5 Å². The average Bonchev–Trinajstić information content (AvgIpc) is 2.66. The Labute approximate surface area is 189 Å². The average molecular weight is 515 g/mol. The van der Waals surface area contributed by atoms with Gasteiger partial charge in [0.05, 0.1) is 0 Å². The van der Waals surface area contributed by atoms with Crippen molar-refractivity contribution in [3.05, 3.63) is 64.7 Å². The maximum atomic E-state index is 11.7. The van der Waals surface area contributed by atoms with Crippen molar-refractivity contribution < 1.29 is 4.79 Å². The Morgan fingerprint density at radius 2 is 1.89 bits per heavy atom. The van der Waals surface area contributed by atoms with Gasteiger partial charge in [0.2, 0.25) is 5.91 Å². The second-order valence-corrected chi connectivity index (χ2v) is 6.60. The predicted octanol–water partition coefficient (Wildman–Crippen LogP) is 4.60. The minimum absolute atomic E-state index is 0. The van der Waals surface area contributed by atoms with Crippen LogP contribution in [-0.4, -0.2) is 25.5 Å². The molecule has 7 heteroatoms. The second-order valence-electron chi connectivity index (χ2n) is 6.19. The van der Waals surface area contributed by atoms with Crippen molar-refractivity contribution in [3.8, 4) is 0 Å². The molecule has 0 fully saturated rings. The molecule has 2 aromatic carbocycles. The van der Waals surface area contributed by atoms with Crippen LogP contribution in [0.4, 0.5) is 5.69 Å². The van der Waals surface area contributed by atoms with Gasteiger partial charge in [-0.2, -0.15) is 0 Å². The number of halogens is 2. The minimum atomic E-state index is 0. The van der Waals surface area contributed by atoms with Gasteiger partial charge in [0.15, 0.2) is 5.96 Å². The normalized spacial score (nSPS) is 10.8. The molecule has 1 amide bonds. The zero-order valence-corrected chi connectivity index (χ0v) is 19.4. The van der Waals surface area contributed by atoms with Gasteiger partial charge in [0, 0.05) is 37.3 Å². The van der Waals surface area contributed by atoms with E-state index in [0.29, 0.717) is 13.0 Å². The molecule has 28 heavy (non-hydrogen) atoms. The van der Waals surface area contributed by atoms with Gasteiger partial charge in [-0.3, -0.25) is 9.79 Å². The summed E-state index contributed by atoms with van der Waals surface area (Å²) in [5.74, 6) is 0.766. The maximum absolute atomic E-state index is 11.7.